The van der Waals surface area contributed by atoms with Crippen LogP contribution >= 0.6 is 11.8 Å². The number of carboxylic acids is 1. The number of carboxylic acid groups (broad SMARTS) is 1. The van der Waals surface area contributed by atoms with E-state index in [4.69, 9.17) is 5.11 Å². The smallest absolute Gasteiger partial charge is 0.313 e. The third-order valence-electron chi connectivity index (χ3n) is 2.33. The van der Waals surface area contributed by atoms with Crippen molar-refractivity contribution in [3.8, 4) is 11.5 Å². The second-order valence-electron chi connectivity index (χ2n) is 4.46. The third-order valence-corrected chi connectivity index (χ3v) is 3.28. The lowest BCUT2D eigenvalue weighted by Crippen LogP contribution is -2.09. The number of aliphatic carboxylic acids is 1. The van der Waals surface area contributed by atoms with Crippen LogP contribution in [0.4, 0.5) is 0 Å². The molecule has 0 aliphatic rings. The molecular weight excluding hydrogens is 266 g/mol. The summed E-state index contributed by atoms with van der Waals surface area (Å²) in [6, 6.07) is 1.81. The number of aromatic nitrogens is 5. The monoisotopic (exact) mass is 281 g/mol. The van der Waals surface area contributed by atoms with Crippen LogP contribution in [0, 0.1) is 5.92 Å². The summed E-state index contributed by atoms with van der Waals surface area (Å²) in [4.78, 5) is 10.6. The zero-order chi connectivity index (χ0) is 13.8. The van der Waals surface area contributed by atoms with E-state index in [0.717, 1.165) is 12.2 Å². The molecule has 0 radical (unpaired) electrons. The number of aromatic amines is 1. The van der Waals surface area contributed by atoms with Gasteiger partial charge in [-0.1, -0.05) is 25.6 Å². The molecule has 2 aromatic rings. The summed E-state index contributed by atoms with van der Waals surface area (Å²) < 4.78 is 1.92. The molecule has 2 aromatic heterocycles. The van der Waals surface area contributed by atoms with Crippen molar-refractivity contribution in [1.82, 2.24) is 25.0 Å². The number of carbonyl (C=O) groups is 1. The summed E-state index contributed by atoms with van der Waals surface area (Å²) in [5.74, 6) is 0.187. The minimum absolute atomic E-state index is 0.0286. The summed E-state index contributed by atoms with van der Waals surface area (Å²) >= 11 is 1.17. The molecule has 0 saturated heterocycles. The molecule has 0 aliphatic heterocycles. The SMILES string of the molecule is CC(C)Cn1c(SCC(=O)O)nnc1-c1ccn[nH]1. The van der Waals surface area contributed by atoms with E-state index in [2.05, 4.69) is 34.2 Å². The largest absolute Gasteiger partial charge is 0.481 e. The maximum Gasteiger partial charge on any atom is 0.313 e. The summed E-state index contributed by atoms with van der Waals surface area (Å²) in [6.45, 7) is 4.90. The molecule has 0 aromatic carbocycles. The van der Waals surface area contributed by atoms with E-state index >= 15 is 0 Å². The summed E-state index contributed by atoms with van der Waals surface area (Å²) in [5.41, 5.74) is 0.773. The van der Waals surface area contributed by atoms with Gasteiger partial charge < -0.3 is 9.67 Å². The van der Waals surface area contributed by atoms with E-state index < -0.39 is 5.97 Å². The maximum atomic E-state index is 10.6. The second kappa shape index (κ2) is 5.87. The molecule has 0 bridgehead atoms. The fraction of sp³-hybridized carbons (Fsp3) is 0.455. The van der Waals surface area contributed by atoms with Crippen molar-refractivity contribution in [3.05, 3.63) is 12.3 Å². The Balaban J connectivity index is 2.30. The van der Waals surface area contributed by atoms with Crippen molar-refractivity contribution in [3.63, 3.8) is 0 Å². The van der Waals surface area contributed by atoms with Crippen LogP contribution in [0.25, 0.3) is 11.5 Å². The number of nitrogens with zero attached hydrogens (tertiary/aromatic N) is 4. The van der Waals surface area contributed by atoms with E-state index in [-0.39, 0.29) is 5.75 Å². The van der Waals surface area contributed by atoms with Gasteiger partial charge in [0, 0.05) is 12.7 Å². The molecule has 0 atom stereocenters. The van der Waals surface area contributed by atoms with Crippen LogP contribution in [-0.4, -0.2) is 41.8 Å². The quantitative estimate of drug-likeness (QED) is 0.779. The highest BCUT2D eigenvalue weighted by Gasteiger charge is 2.16. The van der Waals surface area contributed by atoms with E-state index in [1.807, 2.05) is 10.6 Å². The minimum Gasteiger partial charge on any atom is -0.481 e. The predicted molar refractivity (Wildman–Crippen MR) is 70.8 cm³/mol. The molecule has 0 amide bonds. The van der Waals surface area contributed by atoms with Gasteiger partial charge >= 0.3 is 5.97 Å². The van der Waals surface area contributed by atoms with E-state index in [1.54, 1.807) is 6.20 Å². The lowest BCUT2D eigenvalue weighted by atomic mass is 10.2. The molecule has 8 heteroatoms. The van der Waals surface area contributed by atoms with E-state index in [9.17, 15) is 4.79 Å². The fourth-order valence-corrected chi connectivity index (χ4v) is 2.30. The van der Waals surface area contributed by atoms with Gasteiger partial charge in [0.05, 0.1) is 5.75 Å². The highest BCUT2D eigenvalue weighted by atomic mass is 32.2. The van der Waals surface area contributed by atoms with E-state index in [1.165, 1.54) is 11.8 Å². The second-order valence-corrected chi connectivity index (χ2v) is 5.41. The lowest BCUT2D eigenvalue weighted by Gasteiger charge is -2.11. The first-order valence-electron chi connectivity index (χ1n) is 5.85. The Bertz CT molecular complexity index is 549. The van der Waals surface area contributed by atoms with Crippen molar-refractivity contribution in [2.75, 3.05) is 5.75 Å². The van der Waals surface area contributed by atoms with Crippen LogP contribution in [0.3, 0.4) is 0 Å². The van der Waals surface area contributed by atoms with Crippen LogP contribution in [0.5, 0.6) is 0 Å². The van der Waals surface area contributed by atoms with Crippen molar-refractivity contribution in [2.24, 2.45) is 5.92 Å². The Kier molecular flexibility index (Phi) is 4.20. The molecule has 0 saturated carbocycles. The number of rotatable bonds is 6. The molecule has 0 spiro atoms. The Morgan fingerprint density at radius 1 is 1.53 bits per heavy atom. The first-order chi connectivity index (χ1) is 9.08. The van der Waals surface area contributed by atoms with Gasteiger partial charge in [0.15, 0.2) is 11.0 Å². The normalized spacial score (nSPS) is 11.1. The Morgan fingerprint density at radius 3 is 2.89 bits per heavy atom. The number of thioether (sulfide) groups is 1. The first kappa shape index (κ1) is 13.6. The zero-order valence-electron chi connectivity index (χ0n) is 10.7. The number of H-pyrrole nitrogens is 1. The molecule has 7 nitrogen and oxygen atoms in total. The molecule has 102 valence electrons. The molecule has 0 fully saturated rings. The third kappa shape index (κ3) is 3.34. The maximum absolute atomic E-state index is 10.6. The van der Waals surface area contributed by atoms with Crippen molar-refractivity contribution < 1.29 is 9.90 Å². The Morgan fingerprint density at radius 2 is 2.32 bits per heavy atom. The summed E-state index contributed by atoms with van der Waals surface area (Å²) in [6.07, 6.45) is 1.65. The van der Waals surface area contributed by atoms with Gasteiger partial charge in [-0.2, -0.15) is 5.10 Å². The van der Waals surface area contributed by atoms with Crippen molar-refractivity contribution >= 4 is 17.7 Å². The van der Waals surface area contributed by atoms with Crippen molar-refractivity contribution in [2.45, 2.75) is 25.5 Å². The van der Waals surface area contributed by atoms with E-state index in [0.29, 0.717) is 16.9 Å². The standard InChI is InChI=1S/C11H15N5O2S/c1-7(2)5-16-10(8-3-4-12-13-8)14-15-11(16)19-6-9(17)18/h3-4,7H,5-6H2,1-2H3,(H,12,13)(H,17,18). The average Bonchev–Trinajstić information content (AvgIpc) is 2.94. The van der Waals surface area contributed by atoms with Crippen LogP contribution in [0.1, 0.15) is 13.8 Å². The molecule has 2 rings (SSSR count). The van der Waals surface area contributed by atoms with Gasteiger partial charge in [-0.25, -0.2) is 0 Å². The van der Waals surface area contributed by atoms with Gasteiger partial charge in [-0.3, -0.25) is 9.89 Å². The van der Waals surface area contributed by atoms with Crippen LogP contribution in [-0.2, 0) is 11.3 Å². The number of hydrogen-bond donors (Lipinski definition) is 2. The average molecular weight is 281 g/mol. The first-order valence-corrected chi connectivity index (χ1v) is 6.84. The number of nitrogens with one attached hydrogen (secondary N) is 1. The van der Waals surface area contributed by atoms with Crippen molar-refractivity contribution in [1.29, 1.82) is 0 Å². The predicted octanol–water partition coefficient (Wildman–Crippen LogP) is 1.50. The van der Waals surface area contributed by atoms with Crippen LogP contribution in [0.15, 0.2) is 17.4 Å². The molecule has 0 aliphatic carbocycles. The van der Waals surface area contributed by atoms with Gasteiger partial charge in [0.1, 0.15) is 5.69 Å². The van der Waals surface area contributed by atoms with Crippen LogP contribution < -0.4 is 0 Å². The minimum atomic E-state index is -0.868. The topological polar surface area (TPSA) is 96.7 Å². The molecule has 2 heterocycles. The molecule has 0 unspecified atom stereocenters. The number of hydrogen-bond acceptors (Lipinski definition) is 5. The van der Waals surface area contributed by atoms with Gasteiger partial charge in [-0.05, 0) is 12.0 Å². The fourth-order valence-electron chi connectivity index (χ4n) is 1.63. The summed E-state index contributed by atoms with van der Waals surface area (Å²) in [7, 11) is 0. The zero-order valence-corrected chi connectivity index (χ0v) is 11.5. The molecule has 19 heavy (non-hydrogen) atoms. The Hall–Kier alpha value is -1.83. The van der Waals surface area contributed by atoms with Gasteiger partial charge in [0.2, 0.25) is 0 Å². The summed E-state index contributed by atoms with van der Waals surface area (Å²) in [5, 5.41) is 24.3. The lowest BCUT2D eigenvalue weighted by molar-refractivity contribution is -0.133. The Labute approximate surface area is 114 Å². The molecule has 2 N–H and O–H groups in total. The highest BCUT2D eigenvalue weighted by Crippen LogP contribution is 2.23. The molecular formula is C11H15N5O2S. The van der Waals surface area contributed by atoms with Gasteiger partial charge in [-0.15, -0.1) is 10.2 Å². The highest BCUT2D eigenvalue weighted by molar-refractivity contribution is 7.99. The van der Waals surface area contributed by atoms with Gasteiger partial charge in [0.25, 0.3) is 0 Å². The van der Waals surface area contributed by atoms with Crippen LogP contribution in [0.2, 0.25) is 0 Å².